The summed E-state index contributed by atoms with van der Waals surface area (Å²) in [5, 5.41) is 1.95. The van der Waals surface area contributed by atoms with E-state index in [4.69, 9.17) is 0 Å². The van der Waals surface area contributed by atoms with Crippen LogP contribution in [0.5, 0.6) is 0 Å². The molecule has 0 saturated heterocycles. The van der Waals surface area contributed by atoms with Crippen molar-refractivity contribution in [2.75, 3.05) is 0 Å². The predicted molar refractivity (Wildman–Crippen MR) is 30.4 cm³/mol. The Morgan fingerprint density at radius 1 is 1.83 bits per heavy atom. The van der Waals surface area contributed by atoms with Gasteiger partial charge in [0.05, 0.1) is 4.21 Å². The molecule has 2 heteroatoms. The van der Waals surface area contributed by atoms with E-state index in [9.17, 15) is 0 Å². The molecule has 1 radical (unpaired) electrons. The van der Waals surface area contributed by atoms with Gasteiger partial charge in [-0.3, -0.25) is 0 Å². The first kappa shape index (κ1) is 4.22. The van der Waals surface area contributed by atoms with Crippen LogP contribution in [0.2, 0.25) is 0 Å². The van der Waals surface area contributed by atoms with E-state index in [2.05, 4.69) is 18.7 Å². The lowest BCUT2D eigenvalue weighted by Crippen LogP contribution is -1.34. The summed E-state index contributed by atoms with van der Waals surface area (Å²) in [4.78, 5) is 0. The van der Waals surface area contributed by atoms with E-state index in [1.807, 2.05) is 11.4 Å². The maximum Gasteiger partial charge on any atom is 0.0647 e. The largest absolute Gasteiger partial charge is 0.137 e. The van der Waals surface area contributed by atoms with Gasteiger partial charge in [0.25, 0.3) is 0 Å². The normalized spacial score (nSPS) is 8.83. The fourth-order valence-corrected chi connectivity index (χ4v) is 0.896. The molecule has 1 aromatic rings. The Kier molecular flexibility index (Phi) is 1.17. The van der Waals surface area contributed by atoms with Gasteiger partial charge in [0, 0.05) is 6.07 Å². The molecule has 31 valence electrons. The standard InChI is InChI=1S/C4H3S2/c5-4-2-1-3-6-4/h1,3,5H. The highest BCUT2D eigenvalue weighted by atomic mass is 32.2. The lowest BCUT2D eigenvalue weighted by molar-refractivity contribution is 1.73. The molecule has 0 bridgehead atoms. The Labute approximate surface area is 46.2 Å². The van der Waals surface area contributed by atoms with Crippen LogP contribution in [0.1, 0.15) is 0 Å². The zero-order chi connectivity index (χ0) is 4.41. The van der Waals surface area contributed by atoms with Crippen LogP contribution >= 0.6 is 24.0 Å². The van der Waals surface area contributed by atoms with Gasteiger partial charge in [0.15, 0.2) is 0 Å². The van der Waals surface area contributed by atoms with Crippen LogP contribution in [0.4, 0.5) is 0 Å². The Morgan fingerprint density at radius 3 is 2.83 bits per heavy atom. The SMILES string of the molecule is Sc1[c]ccs1. The summed E-state index contributed by atoms with van der Waals surface area (Å²) in [6.45, 7) is 0. The molecule has 0 atom stereocenters. The maximum absolute atomic E-state index is 4.00. The second kappa shape index (κ2) is 1.67. The molecule has 1 rings (SSSR count). The first-order valence-electron chi connectivity index (χ1n) is 1.54. The summed E-state index contributed by atoms with van der Waals surface area (Å²) >= 11 is 5.58. The molecule has 0 aliphatic carbocycles. The summed E-state index contributed by atoms with van der Waals surface area (Å²) < 4.78 is 0.954. The number of thiophene rings is 1. The number of hydrogen-bond donors (Lipinski definition) is 1. The quantitative estimate of drug-likeness (QED) is 0.490. The minimum Gasteiger partial charge on any atom is -0.137 e. The number of thiol groups is 1. The molecule has 1 heterocycles. The molecule has 0 N–H and O–H groups in total. The highest BCUT2D eigenvalue weighted by Gasteiger charge is 1.77. The van der Waals surface area contributed by atoms with E-state index in [-0.39, 0.29) is 0 Å². The summed E-state index contributed by atoms with van der Waals surface area (Å²) in [5.41, 5.74) is 0. The van der Waals surface area contributed by atoms with Crippen molar-refractivity contribution in [3.8, 4) is 0 Å². The Balaban J connectivity index is 3.05. The van der Waals surface area contributed by atoms with Crippen LogP contribution in [-0.2, 0) is 0 Å². The Hall–Kier alpha value is 0.0500. The zero-order valence-corrected chi connectivity index (χ0v) is 4.72. The predicted octanol–water partition coefficient (Wildman–Crippen LogP) is 1.84. The van der Waals surface area contributed by atoms with Crippen molar-refractivity contribution in [2.24, 2.45) is 0 Å². The first-order chi connectivity index (χ1) is 2.89. The average molecular weight is 115 g/mol. The van der Waals surface area contributed by atoms with Crippen LogP contribution in [-0.4, -0.2) is 0 Å². The van der Waals surface area contributed by atoms with Gasteiger partial charge >= 0.3 is 0 Å². The minimum absolute atomic E-state index is 0.954. The molecule has 0 spiro atoms. The van der Waals surface area contributed by atoms with Crippen molar-refractivity contribution in [3.05, 3.63) is 17.5 Å². The molecular formula is C4H3S2. The third-order valence-corrected chi connectivity index (χ3v) is 1.51. The van der Waals surface area contributed by atoms with Gasteiger partial charge < -0.3 is 0 Å². The van der Waals surface area contributed by atoms with Crippen molar-refractivity contribution in [1.82, 2.24) is 0 Å². The van der Waals surface area contributed by atoms with E-state index < -0.39 is 0 Å². The average Bonchev–Trinajstić information content (AvgIpc) is 1.86. The Bertz CT molecular complexity index is 109. The van der Waals surface area contributed by atoms with Crippen molar-refractivity contribution in [1.29, 1.82) is 0 Å². The fourth-order valence-electron chi connectivity index (χ4n) is 0.238. The number of hydrogen-bond acceptors (Lipinski definition) is 2. The third-order valence-electron chi connectivity index (χ3n) is 0.455. The summed E-state index contributed by atoms with van der Waals surface area (Å²) in [6, 6.07) is 4.74. The topological polar surface area (TPSA) is 0 Å². The van der Waals surface area contributed by atoms with Gasteiger partial charge in [-0.15, -0.1) is 24.0 Å². The summed E-state index contributed by atoms with van der Waals surface area (Å²) in [7, 11) is 0. The summed E-state index contributed by atoms with van der Waals surface area (Å²) in [6.07, 6.45) is 0. The van der Waals surface area contributed by atoms with Crippen LogP contribution < -0.4 is 0 Å². The van der Waals surface area contributed by atoms with Crippen molar-refractivity contribution in [2.45, 2.75) is 4.21 Å². The van der Waals surface area contributed by atoms with E-state index >= 15 is 0 Å². The second-order valence-corrected chi connectivity index (χ2v) is 2.54. The molecule has 0 aliphatic rings. The van der Waals surface area contributed by atoms with Gasteiger partial charge in [-0.2, -0.15) is 0 Å². The molecule has 0 nitrogen and oxygen atoms in total. The van der Waals surface area contributed by atoms with E-state index in [0.29, 0.717) is 0 Å². The Morgan fingerprint density at radius 2 is 2.67 bits per heavy atom. The molecule has 0 aromatic carbocycles. The van der Waals surface area contributed by atoms with Crippen molar-refractivity contribution in [3.63, 3.8) is 0 Å². The lowest BCUT2D eigenvalue weighted by atomic mass is 10.7. The molecule has 6 heavy (non-hydrogen) atoms. The zero-order valence-electron chi connectivity index (χ0n) is 3.01. The smallest absolute Gasteiger partial charge is 0.0647 e. The monoisotopic (exact) mass is 115 g/mol. The van der Waals surface area contributed by atoms with E-state index in [1.54, 1.807) is 11.3 Å². The molecule has 0 amide bonds. The highest BCUT2D eigenvalue weighted by Crippen LogP contribution is 2.10. The molecule has 0 fully saturated rings. The lowest BCUT2D eigenvalue weighted by Gasteiger charge is -1.63. The fraction of sp³-hybridized carbons (Fsp3) is 0. The van der Waals surface area contributed by atoms with Gasteiger partial charge in [-0.05, 0) is 11.4 Å². The van der Waals surface area contributed by atoms with Gasteiger partial charge in [0.1, 0.15) is 0 Å². The van der Waals surface area contributed by atoms with Crippen molar-refractivity contribution >= 4 is 24.0 Å². The summed E-state index contributed by atoms with van der Waals surface area (Å²) in [5.74, 6) is 0. The van der Waals surface area contributed by atoms with Gasteiger partial charge in [-0.1, -0.05) is 0 Å². The highest BCUT2D eigenvalue weighted by molar-refractivity contribution is 7.82. The van der Waals surface area contributed by atoms with E-state index in [0.717, 1.165) is 4.21 Å². The van der Waals surface area contributed by atoms with Crippen LogP contribution in [0.25, 0.3) is 0 Å². The van der Waals surface area contributed by atoms with Crippen LogP contribution in [0.3, 0.4) is 0 Å². The third kappa shape index (κ3) is 0.758. The van der Waals surface area contributed by atoms with Gasteiger partial charge in [0.2, 0.25) is 0 Å². The molecule has 0 unspecified atom stereocenters. The van der Waals surface area contributed by atoms with Gasteiger partial charge in [-0.25, -0.2) is 0 Å². The van der Waals surface area contributed by atoms with Crippen LogP contribution in [0.15, 0.2) is 15.7 Å². The molecule has 0 aliphatic heterocycles. The minimum atomic E-state index is 0.954. The number of rotatable bonds is 0. The first-order valence-corrected chi connectivity index (χ1v) is 2.86. The molecule has 1 aromatic heterocycles. The molecule has 0 saturated carbocycles. The maximum atomic E-state index is 4.00. The van der Waals surface area contributed by atoms with E-state index in [1.165, 1.54) is 0 Å². The van der Waals surface area contributed by atoms with Crippen LogP contribution in [0, 0.1) is 6.07 Å². The van der Waals surface area contributed by atoms with Crippen molar-refractivity contribution < 1.29 is 0 Å². The second-order valence-electron chi connectivity index (χ2n) is 0.870. The molecular weight excluding hydrogens is 112 g/mol.